The largest absolute Gasteiger partial charge is 0.398 e. The number of rotatable bonds is 8. The second-order valence-electron chi connectivity index (χ2n) is 5.65. The van der Waals surface area contributed by atoms with E-state index in [2.05, 4.69) is 18.6 Å². The fourth-order valence-electron chi connectivity index (χ4n) is 1.76. The summed E-state index contributed by atoms with van der Waals surface area (Å²) in [7, 11) is -3.54. The number of aryl methyl sites for hydroxylation is 1. The minimum absolute atomic E-state index is 0.199. The lowest BCUT2D eigenvalue weighted by Crippen LogP contribution is -2.28. The van der Waals surface area contributed by atoms with Gasteiger partial charge in [0, 0.05) is 18.8 Å². The third-order valence-electron chi connectivity index (χ3n) is 3.37. The van der Waals surface area contributed by atoms with Gasteiger partial charge < -0.3 is 10.5 Å². The molecular formula is C15H26N2O3S. The Hall–Kier alpha value is -1.11. The molecule has 0 radical (unpaired) electrons. The molecule has 0 saturated heterocycles. The lowest BCUT2D eigenvalue weighted by molar-refractivity contribution is 0.128. The van der Waals surface area contributed by atoms with Crippen LogP contribution in [0.25, 0.3) is 0 Å². The number of nitrogens with two attached hydrogens (primary N) is 1. The number of ether oxygens (including phenoxy) is 1. The maximum absolute atomic E-state index is 12.2. The van der Waals surface area contributed by atoms with E-state index in [-0.39, 0.29) is 11.4 Å². The molecule has 0 unspecified atom stereocenters. The van der Waals surface area contributed by atoms with Crippen molar-refractivity contribution in [2.24, 2.45) is 5.92 Å². The first-order valence-electron chi connectivity index (χ1n) is 7.18. The van der Waals surface area contributed by atoms with Crippen molar-refractivity contribution in [2.75, 3.05) is 25.5 Å². The maximum Gasteiger partial charge on any atom is 0.240 e. The first-order valence-corrected chi connectivity index (χ1v) is 8.66. The molecule has 0 aromatic heterocycles. The minimum Gasteiger partial charge on any atom is -0.398 e. The van der Waals surface area contributed by atoms with Gasteiger partial charge in [-0.1, -0.05) is 13.8 Å². The Bertz CT molecular complexity index is 545. The molecule has 0 aliphatic carbocycles. The second-order valence-corrected chi connectivity index (χ2v) is 7.41. The van der Waals surface area contributed by atoms with Crippen LogP contribution in [0, 0.1) is 19.8 Å². The van der Waals surface area contributed by atoms with Gasteiger partial charge in [-0.15, -0.1) is 0 Å². The Labute approximate surface area is 127 Å². The summed E-state index contributed by atoms with van der Waals surface area (Å²) in [5.41, 5.74) is 8.09. The van der Waals surface area contributed by atoms with E-state index in [4.69, 9.17) is 10.5 Å². The Morgan fingerprint density at radius 3 is 2.48 bits per heavy atom. The summed E-state index contributed by atoms with van der Waals surface area (Å²) in [5.74, 6) is 0.584. The normalized spacial score (nSPS) is 12.0. The zero-order valence-electron chi connectivity index (χ0n) is 13.3. The molecule has 0 atom stereocenters. The summed E-state index contributed by atoms with van der Waals surface area (Å²) < 4.78 is 32.3. The fourth-order valence-corrected chi connectivity index (χ4v) is 2.89. The van der Waals surface area contributed by atoms with Crippen LogP contribution in [0.15, 0.2) is 17.0 Å². The van der Waals surface area contributed by atoms with Crippen molar-refractivity contribution >= 4 is 15.7 Å². The van der Waals surface area contributed by atoms with Gasteiger partial charge in [-0.25, -0.2) is 13.1 Å². The summed E-state index contributed by atoms with van der Waals surface area (Å²) in [5, 5.41) is 0. The lowest BCUT2D eigenvalue weighted by atomic mass is 10.1. The average Bonchev–Trinajstić information content (AvgIpc) is 2.39. The van der Waals surface area contributed by atoms with Crippen LogP contribution < -0.4 is 10.5 Å². The highest BCUT2D eigenvalue weighted by Gasteiger charge is 2.15. The van der Waals surface area contributed by atoms with Crippen molar-refractivity contribution in [3.63, 3.8) is 0 Å². The first kappa shape index (κ1) is 17.9. The van der Waals surface area contributed by atoms with Crippen LogP contribution in [0.3, 0.4) is 0 Å². The molecule has 5 nitrogen and oxygen atoms in total. The van der Waals surface area contributed by atoms with E-state index in [1.807, 2.05) is 13.8 Å². The van der Waals surface area contributed by atoms with Gasteiger partial charge in [-0.05, 0) is 49.4 Å². The van der Waals surface area contributed by atoms with Crippen LogP contribution in [0.5, 0.6) is 0 Å². The maximum atomic E-state index is 12.2. The highest BCUT2D eigenvalue weighted by molar-refractivity contribution is 7.89. The molecule has 1 aromatic rings. The van der Waals surface area contributed by atoms with Crippen LogP contribution in [0.1, 0.15) is 31.4 Å². The highest BCUT2D eigenvalue weighted by Crippen LogP contribution is 2.21. The van der Waals surface area contributed by atoms with Crippen molar-refractivity contribution in [1.29, 1.82) is 0 Å². The number of nitrogen functional groups attached to an aromatic ring is 1. The zero-order chi connectivity index (χ0) is 16.0. The van der Waals surface area contributed by atoms with Crippen LogP contribution >= 0.6 is 0 Å². The van der Waals surface area contributed by atoms with Crippen LogP contribution in [-0.2, 0) is 14.8 Å². The third-order valence-corrected chi connectivity index (χ3v) is 4.81. The summed E-state index contributed by atoms with van der Waals surface area (Å²) in [6.07, 6.45) is 0.973. The predicted molar refractivity (Wildman–Crippen MR) is 85.8 cm³/mol. The molecule has 0 aliphatic heterocycles. The highest BCUT2D eigenvalue weighted by atomic mass is 32.2. The molecule has 21 heavy (non-hydrogen) atoms. The smallest absolute Gasteiger partial charge is 0.240 e. The second kappa shape index (κ2) is 7.77. The van der Waals surface area contributed by atoms with E-state index < -0.39 is 10.0 Å². The van der Waals surface area contributed by atoms with Crippen molar-refractivity contribution in [2.45, 2.75) is 39.0 Å². The monoisotopic (exact) mass is 314 g/mol. The summed E-state index contributed by atoms with van der Waals surface area (Å²) in [4.78, 5) is 0.199. The Balaban J connectivity index is 2.54. The topological polar surface area (TPSA) is 81.4 Å². The average molecular weight is 314 g/mol. The van der Waals surface area contributed by atoms with Gasteiger partial charge >= 0.3 is 0 Å². The first-order chi connectivity index (χ1) is 9.74. The number of hydrogen-bond acceptors (Lipinski definition) is 4. The van der Waals surface area contributed by atoms with Crippen LogP contribution in [-0.4, -0.2) is 28.2 Å². The minimum atomic E-state index is -3.54. The third kappa shape index (κ3) is 5.65. The SMILES string of the molecule is Cc1cc(S(=O)(=O)NCCOCCC(C)C)cc(N)c1C. The summed E-state index contributed by atoms with van der Waals surface area (Å²) in [6, 6.07) is 3.12. The van der Waals surface area contributed by atoms with Gasteiger partial charge in [0.25, 0.3) is 0 Å². The van der Waals surface area contributed by atoms with E-state index in [0.717, 1.165) is 17.5 Å². The number of benzene rings is 1. The number of anilines is 1. The zero-order valence-corrected chi connectivity index (χ0v) is 14.1. The quantitative estimate of drug-likeness (QED) is 0.569. The van der Waals surface area contributed by atoms with E-state index in [0.29, 0.717) is 24.8 Å². The molecule has 3 N–H and O–H groups in total. The number of nitrogens with one attached hydrogen (secondary N) is 1. The molecule has 0 fully saturated rings. The summed E-state index contributed by atoms with van der Waals surface area (Å²) >= 11 is 0. The predicted octanol–water partition coefficient (Wildman–Crippen LogP) is 2.23. The van der Waals surface area contributed by atoms with E-state index in [1.165, 1.54) is 6.07 Å². The van der Waals surface area contributed by atoms with Gasteiger partial charge in [0.15, 0.2) is 0 Å². The van der Waals surface area contributed by atoms with Gasteiger partial charge in [0.2, 0.25) is 10.0 Å². The van der Waals surface area contributed by atoms with Gasteiger partial charge in [-0.2, -0.15) is 0 Å². The van der Waals surface area contributed by atoms with E-state index in [9.17, 15) is 8.42 Å². The molecule has 6 heteroatoms. The molecule has 1 aromatic carbocycles. The molecular weight excluding hydrogens is 288 g/mol. The molecule has 1 rings (SSSR count). The molecule has 0 bridgehead atoms. The van der Waals surface area contributed by atoms with E-state index in [1.54, 1.807) is 6.07 Å². The van der Waals surface area contributed by atoms with E-state index >= 15 is 0 Å². The molecule has 120 valence electrons. The Morgan fingerprint density at radius 2 is 1.90 bits per heavy atom. The lowest BCUT2D eigenvalue weighted by Gasteiger charge is -2.11. The molecule has 0 aliphatic rings. The van der Waals surface area contributed by atoms with Crippen molar-refractivity contribution in [1.82, 2.24) is 4.72 Å². The Morgan fingerprint density at radius 1 is 1.24 bits per heavy atom. The molecule has 0 saturated carbocycles. The van der Waals surface area contributed by atoms with Crippen molar-refractivity contribution in [3.05, 3.63) is 23.3 Å². The van der Waals surface area contributed by atoms with Crippen LogP contribution in [0.2, 0.25) is 0 Å². The fraction of sp³-hybridized carbons (Fsp3) is 0.600. The van der Waals surface area contributed by atoms with Gasteiger partial charge in [0.1, 0.15) is 0 Å². The van der Waals surface area contributed by atoms with Crippen molar-refractivity contribution in [3.8, 4) is 0 Å². The van der Waals surface area contributed by atoms with Crippen LogP contribution in [0.4, 0.5) is 5.69 Å². The number of hydrogen-bond donors (Lipinski definition) is 2. The van der Waals surface area contributed by atoms with Gasteiger partial charge in [0.05, 0.1) is 11.5 Å². The summed E-state index contributed by atoms with van der Waals surface area (Å²) in [6.45, 7) is 9.23. The standard InChI is InChI=1S/C15H26N2O3S/c1-11(2)5-7-20-8-6-17-21(18,19)14-9-12(3)13(4)15(16)10-14/h9-11,17H,5-8,16H2,1-4H3. The number of sulfonamides is 1. The molecule has 0 heterocycles. The van der Waals surface area contributed by atoms with Crippen molar-refractivity contribution < 1.29 is 13.2 Å². The van der Waals surface area contributed by atoms with Gasteiger partial charge in [-0.3, -0.25) is 0 Å². The molecule has 0 amide bonds. The molecule has 0 spiro atoms. The Kier molecular flexibility index (Phi) is 6.64.